The molecule has 11 nitrogen and oxygen atoms in total. The first-order chi connectivity index (χ1) is 16.3. The van der Waals surface area contributed by atoms with Crippen molar-refractivity contribution in [2.75, 3.05) is 28.2 Å². The molecule has 0 saturated heterocycles. The minimum absolute atomic E-state index is 0.0156. The fraction of sp³-hybridized carbons (Fsp3) is 0.211. The molecule has 0 bridgehead atoms. The zero-order valence-corrected chi connectivity index (χ0v) is 18.9. The van der Waals surface area contributed by atoms with Crippen LogP contribution in [0.25, 0.3) is 0 Å². The predicted molar refractivity (Wildman–Crippen MR) is 118 cm³/mol. The summed E-state index contributed by atoms with van der Waals surface area (Å²) in [4.78, 5) is 26.6. The number of benzene rings is 1. The predicted octanol–water partition coefficient (Wildman–Crippen LogP) is 2.27. The number of aromatic nitrogens is 4. The van der Waals surface area contributed by atoms with Gasteiger partial charge in [-0.15, -0.1) is 0 Å². The summed E-state index contributed by atoms with van der Waals surface area (Å²) < 4.78 is 79.3. The number of nitrogens with one attached hydrogen (secondary N) is 2. The maximum atomic E-state index is 14.1. The fourth-order valence-electron chi connectivity index (χ4n) is 2.75. The number of hydrogen-bond donors (Lipinski definition) is 3. The quantitative estimate of drug-likeness (QED) is 0.384. The van der Waals surface area contributed by atoms with Crippen LogP contribution in [0.15, 0.2) is 36.8 Å². The van der Waals surface area contributed by atoms with E-state index in [4.69, 9.17) is 5.73 Å². The summed E-state index contributed by atoms with van der Waals surface area (Å²) in [6.07, 6.45) is -0.984. The Labute approximate surface area is 196 Å². The molecule has 0 aliphatic heterocycles. The van der Waals surface area contributed by atoms with E-state index in [2.05, 4.69) is 30.6 Å². The summed E-state index contributed by atoms with van der Waals surface area (Å²) >= 11 is 0. The lowest BCUT2D eigenvalue weighted by Gasteiger charge is -2.19. The Morgan fingerprint density at radius 1 is 1.17 bits per heavy atom. The Balaban J connectivity index is 1.95. The molecule has 0 aliphatic rings. The monoisotopic (exact) mass is 514 g/mol. The van der Waals surface area contributed by atoms with Crippen LogP contribution in [0.2, 0.25) is 0 Å². The molecule has 0 radical (unpaired) electrons. The zero-order valence-electron chi connectivity index (χ0n) is 18.1. The smallest absolute Gasteiger partial charge is 0.366 e. The average molecular weight is 514 g/mol. The van der Waals surface area contributed by atoms with Gasteiger partial charge in [-0.05, 0) is 18.2 Å². The van der Waals surface area contributed by atoms with Gasteiger partial charge in [-0.1, -0.05) is 0 Å². The van der Waals surface area contributed by atoms with Crippen LogP contribution in [0.1, 0.15) is 21.6 Å². The first-order valence-electron chi connectivity index (χ1n) is 9.55. The topological polar surface area (TPSA) is 156 Å². The Hall–Kier alpha value is -4.08. The highest BCUT2D eigenvalue weighted by atomic mass is 32.2. The van der Waals surface area contributed by atoms with Crippen molar-refractivity contribution in [3.05, 3.63) is 59.4 Å². The second-order valence-corrected chi connectivity index (χ2v) is 9.06. The van der Waals surface area contributed by atoms with Crippen molar-refractivity contribution in [1.82, 2.24) is 19.9 Å². The van der Waals surface area contributed by atoms with Gasteiger partial charge in [-0.3, -0.25) is 14.1 Å². The number of halogens is 4. The van der Waals surface area contributed by atoms with Crippen molar-refractivity contribution < 1.29 is 30.8 Å². The number of amides is 1. The van der Waals surface area contributed by atoms with Crippen molar-refractivity contribution in [3.8, 4) is 0 Å². The molecule has 2 aromatic heterocycles. The number of rotatable bonds is 8. The summed E-state index contributed by atoms with van der Waals surface area (Å²) in [5, 5.41) is 4.86. The molecule has 0 spiro atoms. The highest BCUT2D eigenvalue weighted by Gasteiger charge is 2.35. The van der Waals surface area contributed by atoms with Crippen LogP contribution < -0.4 is 20.7 Å². The van der Waals surface area contributed by atoms with E-state index < -0.39 is 51.8 Å². The maximum Gasteiger partial charge on any atom is 0.421 e. The Morgan fingerprint density at radius 2 is 1.86 bits per heavy atom. The molecule has 4 N–H and O–H groups in total. The van der Waals surface area contributed by atoms with Crippen LogP contribution >= 0.6 is 0 Å². The molecular weight excluding hydrogens is 496 g/mol. The molecule has 0 unspecified atom stereocenters. The third-order valence-corrected chi connectivity index (χ3v) is 5.73. The number of anilines is 4. The largest absolute Gasteiger partial charge is 0.421 e. The average Bonchev–Trinajstić information content (AvgIpc) is 2.77. The van der Waals surface area contributed by atoms with Crippen LogP contribution in [-0.2, 0) is 22.7 Å². The number of carbonyl (C=O) groups excluding carboxylic acids is 1. The number of carbonyl (C=O) groups is 1. The molecule has 0 saturated carbocycles. The van der Waals surface area contributed by atoms with Crippen molar-refractivity contribution in [2.24, 2.45) is 5.73 Å². The van der Waals surface area contributed by atoms with Crippen molar-refractivity contribution in [3.63, 3.8) is 0 Å². The van der Waals surface area contributed by atoms with Gasteiger partial charge in [0.05, 0.1) is 18.5 Å². The van der Waals surface area contributed by atoms with Crippen molar-refractivity contribution in [1.29, 1.82) is 0 Å². The zero-order chi connectivity index (χ0) is 26.0. The van der Waals surface area contributed by atoms with Crippen LogP contribution in [0.3, 0.4) is 0 Å². The van der Waals surface area contributed by atoms with Gasteiger partial charge in [-0.25, -0.2) is 22.8 Å². The van der Waals surface area contributed by atoms with E-state index in [1.165, 1.54) is 19.4 Å². The van der Waals surface area contributed by atoms with E-state index in [-0.39, 0.29) is 22.8 Å². The molecule has 3 aromatic rings. The van der Waals surface area contributed by atoms with Gasteiger partial charge in [0.1, 0.15) is 22.9 Å². The first-order valence-corrected chi connectivity index (χ1v) is 11.4. The molecule has 3 rings (SSSR count). The Morgan fingerprint density at radius 3 is 2.49 bits per heavy atom. The number of alkyl halides is 3. The van der Waals surface area contributed by atoms with E-state index in [1.807, 2.05) is 0 Å². The summed E-state index contributed by atoms with van der Waals surface area (Å²) in [5.74, 6) is -2.90. The Kier molecular flexibility index (Phi) is 7.04. The molecule has 0 aliphatic carbocycles. The van der Waals surface area contributed by atoms with E-state index in [0.29, 0.717) is 6.20 Å². The minimum atomic E-state index is -4.85. The number of nitrogens with two attached hydrogens (primary N) is 1. The van der Waals surface area contributed by atoms with Crippen LogP contribution in [-0.4, -0.2) is 47.6 Å². The number of nitrogens with zero attached hydrogens (tertiary/aromatic N) is 5. The summed E-state index contributed by atoms with van der Waals surface area (Å²) in [6, 6.07) is 3.13. The summed E-state index contributed by atoms with van der Waals surface area (Å²) in [7, 11) is -2.52. The molecule has 2 heterocycles. The molecule has 186 valence electrons. The molecule has 35 heavy (non-hydrogen) atoms. The Bertz CT molecular complexity index is 1370. The second-order valence-electron chi connectivity index (χ2n) is 7.05. The van der Waals surface area contributed by atoms with Crippen LogP contribution in [0.5, 0.6) is 0 Å². The molecule has 0 atom stereocenters. The van der Waals surface area contributed by atoms with Gasteiger partial charge in [0, 0.05) is 31.2 Å². The van der Waals surface area contributed by atoms with Gasteiger partial charge in [-0.2, -0.15) is 18.2 Å². The SMILES string of the molecule is CN(c1nccnc1CNc1nc(Nc2cc(C(N)=O)ccc2F)ncc1C(F)(F)F)S(C)(=O)=O. The summed E-state index contributed by atoms with van der Waals surface area (Å²) in [5.41, 5.74) is 3.60. The van der Waals surface area contributed by atoms with Gasteiger partial charge in [0.25, 0.3) is 0 Å². The maximum absolute atomic E-state index is 14.1. The standard InChI is InChI=1S/C19H18F4N8O3S/c1-31(35(2,33)34)17-14(25-5-6-26-17)9-27-16-11(19(21,22)23)8-28-18(30-16)29-13-7-10(15(24)32)3-4-12(13)20/h3-8H,9H2,1-2H3,(H2,24,32)(H2,27,28,29,30). The van der Waals surface area contributed by atoms with E-state index >= 15 is 0 Å². The van der Waals surface area contributed by atoms with E-state index in [0.717, 1.165) is 28.8 Å². The molecular formula is C19H18F4N8O3S. The number of hydrogen-bond acceptors (Lipinski definition) is 9. The van der Waals surface area contributed by atoms with Crippen molar-refractivity contribution >= 4 is 39.2 Å². The lowest BCUT2D eigenvalue weighted by Crippen LogP contribution is -2.27. The third-order valence-electron chi connectivity index (χ3n) is 4.56. The number of sulfonamides is 1. The molecule has 1 aromatic carbocycles. The molecule has 16 heteroatoms. The third kappa shape index (κ3) is 6.08. The lowest BCUT2D eigenvalue weighted by atomic mass is 10.2. The van der Waals surface area contributed by atoms with Gasteiger partial charge < -0.3 is 16.4 Å². The molecule has 1 amide bonds. The van der Waals surface area contributed by atoms with E-state index in [9.17, 15) is 30.8 Å². The lowest BCUT2D eigenvalue weighted by molar-refractivity contribution is -0.137. The van der Waals surface area contributed by atoms with E-state index in [1.54, 1.807) is 0 Å². The summed E-state index contributed by atoms with van der Waals surface area (Å²) in [6.45, 7) is -0.395. The van der Waals surface area contributed by atoms with Crippen molar-refractivity contribution in [2.45, 2.75) is 12.7 Å². The van der Waals surface area contributed by atoms with Crippen LogP contribution in [0, 0.1) is 5.82 Å². The highest BCUT2D eigenvalue weighted by molar-refractivity contribution is 7.92. The minimum Gasteiger partial charge on any atom is -0.366 e. The van der Waals surface area contributed by atoms with Gasteiger partial charge in [0.15, 0.2) is 5.82 Å². The second kappa shape index (κ2) is 9.65. The fourth-order valence-corrected chi connectivity index (χ4v) is 3.22. The normalized spacial score (nSPS) is 11.7. The van der Waals surface area contributed by atoms with Crippen LogP contribution in [0.4, 0.5) is 40.8 Å². The first kappa shape index (κ1) is 25.5. The highest BCUT2D eigenvalue weighted by Crippen LogP contribution is 2.34. The van der Waals surface area contributed by atoms with Gasteiger partial charge in [0.2, 0.25) is 21.9 Å². The molecule has 0 fully saturated rings. The number of primary amides is 1. The van der Waals surface area contributed by atoms with Gasteiger partial charge >= 0.3 is 6.18 Å².